The van der Waals surface area contributed by atoms with Gasteiger partial charge in [0.2, 0.25) is 5.78 Å². The fraction of sp³-hybridized carbons (Fsp3) is 0.118. The van der Waals surface area contributed by atoms with Gasteiger partial charge in [0, 0.05) is 23.2 Å². The molecular weight excluding hydrogens is 312 g/mol. The van der Waals surface area contributed by atoms with E-state index in [1.54, 1.807) is 19.1 Å². The maximum absolute atomic E-state index is 12.7. The number of fused-ring (bicyclic) bond motifs is 2. The number of nitrogens with one attached hydrogen (secondary N) is 1. The van der Waals surface area contributed by atoms with Crippen molar-refractivity contribution in [2.45, 2.75) is 6.92 Å². The third-order valence-electron chi connectivity index (χ3n) is 3.83. The topological polar surface area (TPSA) is 106 Å². The van der Waals surface area contributed by atoms with Crippen molar-refractivity contribution < 1.29 is 19.3 Å². The minimum absolute atomic E-state index is 0.0570. The molecule has 3 rings (SSSR count). The Morgan fingerprint density at radius 2 is 1.67 bits per heavy atom. The average Bonchev–Trinajstić information content (AvgIpc) is 2.58. The lowest BCUT2D eigenvalue weighted by molar-refractivity contribution is -0.385. The Morgan fingerprint density at radius 3 is 2.25 bits per heavy atom. The van der Waals surface area contributed by atoms with Crippen LogP contribution in [0.4, 0.5) is 5.69 Å². The van der Waals surface area contributed by atoms with Gasteiger partial charge < -0.3 is 5.32 Å². The summed E-state index contributed by atoms with van der Waals surface area (Å²) in [4.78, 5) is 48.1. The monoisotopic (exact) mass is 324 g/mol. The average molecular weight is 324 g/mol. The van der Waals surface area contributed by atoms with Crippen LogP contribution >= 0.6 is 0 Å². The fourth-order valence-corrected chi connectivity index (χ4v) is 2.80. The van der Waals surface area contributed by atoms with Crippen LogP contribution in [0.25, 0.3) is 0 Å². The summed E-state index contributed by atoms with van der Waals surface area (Å²) in [6.07, 6.45) is 0. The fourth-order valence-electron chi connectivity index (χ4n) is 2.80. The molecule has 7 heteroatoms. The van der Waals surface area contributed by atoms with E-state index < -0.39 is 28.1 Å². The second-order valence-corrected chi connectivity index (χ2v) is 5.20. The van der Waals surface area contributed by atoms with Gasteiger partial charge in [0.25, 0.3) is 11.6 Å². The highest BCUT2D eigenvalue weighted by molar-refractivity contribution is 6.30. The smallest absolute Gasteiger partial charge is 0.294 e. The van der Waals surface area contributed by atoms with Gasteiger partial charge in [-0.15, -0.1) is 0 Å². The van der Waals surface area contributed by atoms with Crippen molar-refractivity contribution in [3.8, 4) is 0 Å². The third kappa shape index (κ3) is 2.18. The van der Waals surface area contributed by atoms with Crippen molar-refractivity contribution in [3.05, 3.63) is 74.3 Å². The summed E-state index contributed by atoms with van der Waals surface area (Å²) in [6.45, 7) is 1.95. The van der Waals surface area contributed by atoms with Gasteiger partial charge in [0.15, 0.2) is 5.78 Å². The molecule has 0 radical (unpaired) electrons. The largest absolute Gasteiger partial charge is 0.352 e. The van der Waals surface area contributed by atoms with E-state index in [9.17, 15) is 24.5 Å². The number of rotatable bonds is 3. The van der Waals surface area contributed by atoms with Gasteiger partial charge in [-0.05, 0) is 19.1 Å². The van der Waals surface area contributed by atoms with E-state index >= 15 is 0 Å². The van der Waals surface area contributed by atoms with Crippen molar-refractivity contribution in [2.75, 3.05) is 6.54 Å². The van der Waals surface area contributed by atoms with Crippen LogP contribution in [-0.2, 0) is 0 Å². The quantitative estimate of drug-likeness (QED) is 0.586. The molecule has 1 amide bonds. The number of carbonyl (C=O) groups excluding carboxylic acids is 3. The molecule has 2 aromatic rings. The number of nitro benzene ring substituents is 1. The van der Waals surface area contributed by atoms with E-state index in [1.165, 1.54) is 24.3 Å². The summed E-state index contributed by atoms with van der Waals surface area (Å²) < 4.78 is 0. The molecule has 0 saturated carbocycles. The van der Waals surface area contributed by atoms with Crippen molar-refractivity contribution in [1.29, 1.82) is 0 Å². The highest BCUT2D eigenvalue weighted by atomic mass is 16.6. The second kappa shape index (κ2) is 5.69. The first-order chi connectivity index (χ1) is 11.5. The predicted molar refractivity (Wildman–Crippen MR) is 84.4 cm³/mol. The highest BCUT2D eigenvalue weighted by Crippen LogP contribution is 2.35. The molecule has 0 aliphatic heterocycles. The molecule has 1 aliphatic carbocycles. The van der Waals surface area contributed by atoms with Gasteiger partial charge in [-0.25, -0.2) is 0 Å². The molecule has 0 aromatic heterocycles. The Balaban J connectivity index is 2.31. The number of hydrogen-bond donors (Lipinski definition) is 1. The molecule has 0 heterocycles. The molecule has 1 aliphatic rings. The summed E-state index contributed by atoms with van der Waals surface area (Å²) in [5.41, 5.74) is -0.945. The van der Waals surface area contributed by atoms with Crippen LogP contribution < -0.4 is 5.32 Å². The Bertz CT molecular complexity index is 917. The molecule has 0 bridgehead atoms. The molecule has 0 unspecified atom stereocenters. The normalized spacial score (nSPS) is 12.4. The van der Waals surface area contributed by atoms with Crippen molar-refractivity contribution in [3.63, 3.8) is 0 Å². The number of benzene rings is 2. The van der Waals surface area contributed by atoms with E-state index in [-0.39, 0.29) is 34.4 Å². The number of nitrogens with zero attached hydrogens (tertiary/aromatic N) is 1. The van der Waals surface area contributed by atoms with Gasteiger partial charge in [0.05, 0.1) is 4.92 Å². The van der Waals surface area contributed by atoms with Crippen LogP contribution in [0.1, 0.15) is 49.1 Å². The number of carbonyl (C=O) groups is 3. The second-order valence-electron chi connectivity index (χ2n) is 5.20. The molecule has 0 atom stereocenters. The predicted octanol–water partition coefficient (Wildman–Crippen LogP) is 2.12. The Kier molecular flexibility index (Phi) is 3.69. The lowest BCUT2D eigenvalue weighted by Gasteiger charge is -2.18. The third-order valence-corrected chi connectivity index (χ3v) is 3.83. The highest BCUT2D eigenvalue weighted by Gasteiger charge is 2.38. The van der Waals surface area contributed by atoms with E-state index in [0.29, 0.717) is 0 Å². The molecule has 1 N–H and O–H groups in total. The summed E-state index contributed by atoms with van der Waals surface area (Å²) in [5, 5.41) is 14.0. The van der Waals surface area contributed by atoms with E-state index in [4.69, 9.17) is 0 Å². The summed E-state index contributed by atoms with van der Waals surface area (Å²) in [7, 11) is 0. The Morgan fingerprint density at radius 1 is 1.04 bits per heavy atom. The number of amides is 1. The standard InChI is InChI=1S/C17H12N2O5/c1-2-18-17(22)12-8-7-11-13(14(12)19(23)24)16(21)10-6-4-3-5-9(10)15(11)20/h3-8H,2H2,1H3,(H,18,22). The SMILES string of the molecule is CCNC(=O)c1ccc2c(c1[N+](=O)[O-])C(=O)c1ccccc1C2=O. The van der Waals surface area contributed by atoms with Gasteiger partial charge >= 0.3 is 0 Å². The molecule has 24 heavy (non-hydrogen) atoms. The van der Waals surface area contributed by atoms with Crippen LogP contribution in [0.5, 0.6) is 0 Å². The van der Waals surface area contributed by atoms with Crippen molar-refractivity contribution >= 4 is 23.2 Å². The lowest BCUT2D eigenvalue weighted by atomic mass is 9.82. The van der Waals surface area contributed by atoms with Crippen LogP contribution in [0.2, 0.25) is 0 Å². The Hall–Kier alpha value is -3.35. The number of ketones is 2. The van der Waals surface area contributed by atoms with Gasteiger partial charge in [0.1, 0.15) is 11.1 Å². The van der Waals surface area contributed by atoms with E-state index in [0.717, 1.165) is 0 Å². The van der Waals surface area contributed by atoms with Crippen LogP contribution in [0.15, 0.2) is 36.4 Å². The molecular formula is C17H12N2O5. The summed E-state index contributed by atoms with van der Waals surface area (Å²) in [5.74, 6) is -1.75. The van der Waals surface area contributed by atoms with E-state index in [1.807, 2.05) is 0 Å². The first-order valence-electron chi connectivity index (χ1n) is 7.25. The molecule has 0 saturated heterocycles. The van der Waals surface area contributed by atoms with E-state index in [2.05, 4.69) is 5.32 Å². The molecule has 0 spiro atoms. The molecule has 120 valence electrons. The van der Waals surface area contributed by atoms with Gasteiger partial charge in [-0.1, -0.05) is 24.3 Å². The zero-order valence-corrected chi connectivity index (χ0v) is 12.7. The van der Waals surface area contributed by atoms with Gasteiger partial charge in [-0.3, -0.25) is 24.5 Å². The summed E-state index contributed by atoms with van der Waals surface area (Å²) in [6, 6.07) is 8.65. The van der Waals surface area contributed by atoms with Crippen molar-refractivity contribution in [1.82, 2.24) is 5.32 Å². The van der Waals surface area contributed by atoms with Crippen LogP contribution in [-0.4, -0.2) is 28.9 Å². The summed E-state index contributed by atoms with van der Waals surface area (Å²) >= 11 is 0. The number of hydrogen-bond acceptors (Lipinski definition) is 5. The molecule has 2 aromatic carbocycles. The molecule has 7 nitrogen and oxygen atoms in total. The first kappa shape index (κ1) is 15.5. The minimum atomic E-state index is -0.789. The first-order valence-corrected chi connectivity index (χ1v) is 7.25. The lowest BCUT2D eigenvalue weighted by Crippen LogP contribution is -2.27. The zero-order chi connectivity index (χ0) is 17.4. The van der Waals surface area contributed by atoms with Crippen LogP contribution in [0.3, 0.4) is 0 Å². The maximum Gasteiger partial charge on any atom is 0.294 e. The van der Waals surface area contributed by atoms with Gasteiger partial charge in [-0.2, -0.15) is 0 Å². The zero-order valence-electron chi connectivity index (χ0n) is 12.7. The number of nitro groups is 1. The van der Waals surface area contributed by atoms with Crippen molar-refractivity contribution in [2.24, 2.45) is 0 Å². The van der Waals surface area contributed by atoms with Crippen LogP contribution in [0, 0.1) is 10.1 Å². The molecule has 0 fully saturated rings. The Labute approximate surface area is 136 Å². The maximum atomic E-state index is 12.7. The minimum Gasteiger partial charge on any atom is -0.352 e.